The summed E-state index contributed by atoms with van der Waals surface area (Å²) in [6.45, 7) is 10.8. The lowest BCUT2D eigenvalue weighted by molar-refractivity contribution is 0.0186. The van der Waals surface area contributed by atoms with Crippen LogP contribution < -0.4 is 5.32 Å². The second-order valence-electron chi connectivity index (χ2n) is 7.46. The first-order chi connectivity index (χ1) is 8.77. The summed E-state index contributed by atoms with van der Waals surface area (Å²) in [6.07, 6.45) is 4.73. The second kappa shape index (κ2) is 5.31. The van der Waals surface area contributed by atoms with Gasteiger partial charge in [0.25, 0.3) is 0 Å². The molecule has 2 aliphatic rings. The smallest absolute Gasteiger partial charge is 0.410 e. The van der Waals surface area contributed by atoms with E-state index in [1.807, 2.05) is 25.7 Å². The van der Waals surface area contributed by atoms with Gasteiger partial charge in [0.2, 0.25) is 0 Å². The molecule has 4 nitrogen and oxygen atoms in total. The van der Waals surface area contributed by atoms with Gasteiger partial charge in [0.15, 0.2) is 0 Å². The Bertz CT molecular complexity index is 332. The Morgan fingerprint density at radius 2 is 2.11 bits per heavy atom. The van der Waals surface area contributed by atoms with Crippen LogP contribution in [0.4, 0.5) is 4.79 Å². The van der Waals surface area contributed by atoms with Crippen molar-refractivity contribution in [3.8, 4) is 0 Å². The SMILES string of the molecule is CC1(CNC2CCCN(C(=O)OC(C)(C)C)C2)CC1. The molecule has 1 saturated carbocycles. The van der Waals surface area contributed by atoms with E-state index in [1.54, 1.807) is 0 Å². The van der Waals surface area contributed by atoms with E-state index in [9.17, 15) is 4.79 Å². The predicted octanol–water partition coefficient (Wildman–Crippen LogP) is 2.78. The molecule has 1 aliphatic heterocycles. The summed E-state index contributed by atoms with van der Waals surface area (Å²) in [7, 11) is 0. The number of hydrogen-bond donors (Lipinski definition) is 1. The summed E-state index contributed by atoms with van der Waals surface area (Å²) in [5.74, 6) is 0. The number of carbonyl (C=O) groups is 1. The lowest BCUT2D eigenvalue weighted by atomic mass is 10.0. The van der Waals surface area contributed by atoms with Crippen LogP contribution in [0.15, 0.2) is 0 Å². The summed E-state index contributed by atoms with van der Waals surface area (Å²) < 4.78 is 5.44. The fourth-order valence-electron chi connectivity index (χ4n) is 2.42. The highest BCUT2D eigenvalue weighted by Crippen LogP contribution is 2.44. The Kier molecular flexibility index (Phi) is 4.09. The summed E-state index contributed by atoms with van der Waals surface area (Å²) in [4.78, 5) is 13.9. The second-order valence-corrected chi connectivity index (χ2v) is 7.46. The third kappa shape index (κ3) is 4.68. The van der Waals surface area contributed by atoms with Crippen molar-refractivity contribution in [2.24, 2.45) is 5.41 Å². The molecule has 1 atom stereocenters. The third-order valence-corrected chi connectivity index (χ3v) is 3.99. The van der Waals surface area contributed by atoms with Crippen molar-refractivity contribution in [3.63, 3.8) is 0 Å². The van der Waals surface area contributed by atoms with Gasteiger partial charge in [-0.15, -0.1) is 0 Å². The lowest BCUT2D eigenvalue weighted by Gasteiger charge is -2.35. The molecule has 1 aliphatic carbocycles. The van der Waals surface area contributed by atoms with Crippen LogP contribution in [0.5, 0.6) is 0 Å². The van der Waals surface area contributed by atoms with Gasteiger partial charge in [-0.2, -0.15) is 0 Å². The number of carbonyl (C=O) groups excluding carboxylic acids is 1. The van der Waals surface area contributed by atoms with E-state index < -0.39 is 5.60 Å². The highest BCUT2D eigenvalue weighted by molar-refractivity contribution is 5.68. The van der Waals surface area contributed by atoms with Gasteiger partial charge in [0.05, 0.1) is 0 Å². The Labute approximate surface area is 116 Å². The molecule has 0 bridgehead atoms. The van der Waals surface area contributed by atoms with Crippen molar-refractivity contribution >= 4 is 6.09 Å². The fourth-order valence-corrected chi connectivity index (χ4v) is 2.42. The highest BCUT2D eigenvalue weighted by Gasteiger charge is 2.37. The molecule has 1 N–H and O–H groups in total. The Morgan fingerprint density at radius 3 is 2.68 bits per heavy atom. The van der Waals surface area contributed by atoms with E-state index in [2.05, 4.69) is 12.2 Å². The van der Waals surface area contributed by atoms with Gasteiger partial charge in [-0.25, -0.2) is 4.79 Å². The molecule has 110 valence electrons. The molecule has 1 unspecified atom stereocenters. The standard InChI is InChI=1S/C15H28N2O2/c1-14(2,3)19-13(18)17-9-5-6-12(10-17)16-11-15(4)7-8-15/h12,16H,5-11H2,1-4H3. The van der Waals surface area contributed by atoms with Crippen LogP contribution in [0.2, 0.25) is 0 Å². The maximum absolute atomic E-state index is 12.0. The first kappa shape index (κ1) is 14.6. The number of nitrogens with one attached hydrogen (secondary N) is 1. The van der Waals surface area contributed by atoms with E-state index in [4.69, 9.17) is 4.74 Å². The van der Waals surface area contributed by atoms with Gasteiger partial charge in [0, 0.05) is 25.7 Å². The van der Waals surface area contributed by atoms with Crippen LogP contribution in [-0.4, -0.2) is 42.3 Å². The van der Waals surface area contributed by atoms with Crippen LogP contribution in [0.3, 0.4) is 0 Å². The van der Waals surface area contributed by atoms with E-state index >= 15 is 0 Å². The van der Waals surface area contributed by atoms with Crippen molar-refractivity contribution in [2.75, 3.05) is 19.6 Å². The molecule has 2 fully saturated rings. The Hall–Kier alpha value is -0.770. The van der Waals surface area contributed by atoms with Gasteiger partial charge in [-0.1, -0.05) is 6.92 Å². The van der Waals surface area contributed by atoms with Crippen LogP contribution in [0, 0.1) is 5.41 Å². The molecule has 0 aromatic rings. The largest absolute Gasteiger partial charge is 0.444 e. The summed E-state index contributed by atoms with van der Waals surface area (Å²) in [5, 5.41) is 3.62. The zero-order valence-electron chi connectivity index (χ0n) is 12.8. The van der Waals surface area contributed by atoms with E-state index in [-0.39, 0.29) is 6.09 Å². The zero-order valence-corrected chi connectivity index (χ0v) is 12.8. The molecule has 1 saturated heterocycles. The number of hydrogen-bond acceptors (Lipinski definition) is 3. The molecule has 1 heterocycles. The van der Waals surface area contributed by atoms with Gasteiger partial charge in [0.1, 0.15) is 5.60 Å². The van der Waals surface area contributed by atoms with Crippen molar-refractivity contribution < 1.29 is 9.53 Å². The van der Waals surface area contributed by atoms with E-state index in [1.165, 1.54) is 12.8 Å². The van der Waals surface area contributed by atoms with Crippen molar-refractivity contribution in [2.45, 2.75) is 65.0 Å². The fraction of sp³-hybridized carbons (Fsp3) is 0.933. The molecular formula is C15H28N2O2. The normalized spacial score (nSPS) is 26.1. The van der Waals surface area contributed by atoms with E-state index in [0.717, 1.165) is 32.5 Å². The molecule has 0 radical (unpaired) electrons. The average molecular weight is 268 g/mol. The van der Waals surface area contributed by atoms with Gasteiger partial charge < -0.3 is 15.0 Å². The summed E-state index contributed by atoms with van der Waals surface area (Å²) >= 11 is 0. The molecule has 0 aromatic carbocycles. The zero-order chi connectivity index (χ0) is 14.1. The molecule has 0 aromatic heterocycles. The lowest BCUT2D eigenvalue weighted by Crippen LogP contribution is -2.50. The number of likely N-dealkylation sites (tertiary alicyclic amines) is 1. The van der Waals surface area contributed by atoms with E-state index in [0.29, 0.717) is 11.5 Å². The molecule has 4 heteroatoms. The minimum Gasteiger partial charge on any atom is -0.444 e. The number of nitrogens with zero attached hydrogens (tertiary/aromatic N) is 1. The summed E-state index contributed by atoms with van der Waals surface area (Å²) in [5.41, 5.74) is 0.118. The van der Waals surface area contributed by atoms with Crippen LogP contribution >= 0.6 is 0 Å². The van der Waals surface area contributed by atoms with Crippen molar-refractivity contribution in [1.82, 2.24) is 10.2 Å². The third-order valence-electron chi connectivity index (χ3n) is 3.99. The number of rotatable bonds is 3. The predicted molar refractivity (Wildman–Crippen MR) is 76.2 cm³/mol. The molecule has 19 heavy (non-hydrogen) atoms. The first-order valence-corrected chi connectivity index (χ1v) is 7.49. The Morgan fingerprint density at radius 1 is 1.42 bits per heavy atom. The van der Waals surface area contributed by atoms with Gasteiger partial charge >= 0.3 is 6.09 Å². The van der Waals surface area contributed by atoms with Crippen molar-refractivity contribution in [1.29, 1.82) is 0 Å². The number of piperidine rings is 1. The van der Waals surface area contributed by atoms with Crippen LogP contribution in [0.25, 0.3) is 0 Å². The maximum Gasteiger partial charge on any atom is 0.410 e. The molecule has 0 spiro atoms. The monoisotopic (exact) mass is 268 g/mol. The Balaban J connectivity index is 1.77. The number of amides is 1. The summed E-state index contributed by atoms with van der Waals surface area (Å²) in [6, 6.07) is 0.429. The first-order valence-electron chi connectivity index (χ1n) is 7.49. The molecule has 2 rings (SSSR count). The topological polar surface area (TPSA) is 41.6 Å². The minimum atomic E-state index is -0.404. The average Bonchev–Trinajstić information content (AvgIpc) is 3.04. The van der Waals surface area contributed by atoms with Crippen molar-refractivity contribution in [3.05, 3.63) is 0 Å². The molecule has 1 amide bonds. The van der Waals surface area contributed by atoms with Gasteiger partial charge in [-0.3, -0.25) is 0 Å². The van der Waals surface area contributed by atoms with Crippen LogP contribution in [-0.2, 0) is 4.74 Å². The minimum absolute atomic E-state index is 0.170. The maximum atomic E-state index is 12.0. The number of ether oxygens (including phenoxy) is 1. The van der Waals surface area contributed by atoms with Gasteiger partial charge in [-0.05, 0) is 51.9 Å². The van der Waals surface area contributed by atoms with Crippen LogP contribution in [0.1, 0.15) is 53.4 Å². The quantitative estimate of drug-likeness (QED) is 0.855. The highest BCUT2D eigenvalue weighted by atomic mass is 16.6. The molecular weight excluding hydrogens is 240 g/mol.